The predicted molar refractivity (Wildman–Crippen MR) is 64.3 cm³/mol. The van der Waals surface area contributed by atoms with E-state index in [2.05, 4.69) is 17.2 Å². The number of hydrogen-bond donors (Lipinski definition) is 1. The molecule has 2 aromatic heterocycles. The molecule has 4 heteroatoms. The summed E-state index contributed by atoms with van der Waals surface area (Å²) in [6.45, 7) is 2.06. The molecule has 90 valence electrons. The number of rotatable bonds is 5. The van der Waals surface area contributed by atoms with Crippen molar-refractivity contribution in [3.8, 4) is 0 Å². The summed E-state index contributed by atoms with van der Waals surface area (Å²) in [6.07, 6.45) is 4.93. The van der Waals surface area contributed by atoms with Crippen LogP contribution in [0.15, 0.2) is 41.1 Å². The molecule has 0 aromatic carbocycles. The van der Waals surface area contributed by atoms with Crippen molar-refractivity contribution >= 4 is 5.69 Å². The van der Waals surface area contributed by atoms with Crippen LogP contribution in [0.1, 0.15) is 19.1 Å². The fourth-order valence-corrected chi connectivity index (χ4v) is 1.66. The van der Waals surface area contributed by atoms with Gasteiger partial charge in [-0.1, -0.05) is 0 Å². The fourth-order valence-electron chi connectivity index (χ4n) is 1.66. The Hall–Kier alpha value is -1.84. The third-order valence-electron chi connectivity index (χ3n) is 2.54. The van der Waals surface area contributed by atoms with E-state index < -0.39 is 5.95 Å². The molecule has 2 heterocycles. The molecule has 0 bridgehead atoms. The molecule has 1 N–H and O–H groups in total. The number of furan rings is 1. The highest BCUT2D eigenvalue weighted by molar-refractivity contribution is 5.41. The van der Waals surface area contributed by atoms with Gasteiger partial charge < -0.3 is 9.73 Å². The molecular weight excluding hydrogens is 219 g/mol. The van der Waals surface area contributed by atoms with Gasteiger partial charge in [0.15, 0.2) is 0 Å². The maximum absolute atomic E-state index is 12.9. The summed E-state index contributed by atoms with van der Waals surface area (Å²) < 4.78 is 18.1. The average molecular weight is 234 g/mol. The van der Waals surface area contributed by atoms with E-state index in [9.17, 15) is 4.39 Å². The van der Waals surface area contributed by atoms with Gasteiger partial charge in [-0.2, -0.15) is 4.39 Å². The fraction of sp³-hybridized carbons (Fsp3) is 0.308. The first-order valence-corrected chi connectivity index (χ1v) is 5.64. The van der Waals surface area contributed by atoms with E-state index in [4.69, 9.17) is 4.42 Å². The van der Waals surface area contributed by atoms with E-state index in [1.54, 1.807) is 12.3 Å². The summed E-state index contributed by atoms with van der Waals surface area (Å²) >= 11 is 0. The van der Waals surface area contributed by atoms with Gasteiger partial charge in [-0.3, -0.25) is 0 Å². The molecule has 0 aliphatic carbocycles. The molecule has 2 aromatic rings. The zero-order valence-electron chi connectivity index (χ0n) is 9.69. The molecular formula is C13H15FN2O. The van der Waals surface area contributed by atoms with Gasteiger partial charge in [0.25, 0.3) is 0 Å². The molecule has 17 heavy (non-hydrogen) atoms. The summed E-state index contributed by atoms with van der Waals surface area (Å²) in [5.41, 5.74) is 0.754. The highest BCUT2D eigenvalue weighted by Crippen LogP contribution is 2.12. The Balaban J connectivity index is 1.83. The Bertz CT molecular complexity index is 456. The first-order chi connectivity index (χ1) is 8.24. The van der Waals surface area contributed by atoms with Crippen LogP contribution in [0.2, 0.25) is 0 Å². The van der Waals surface area contributed by atoms with E-state index in [1.165, 1.54) is 12.3 Å². The topological polar surface area (TPSA) is 38.1 Å². The molecule has 1 atom stereocenters. The Kier molecular flexibility index (Phi) is 3.75. The predicted octanol–water partition coefficient (Wildman–Crippen LogP) is 3.25. The van der Waals surface area contributed by atoms with E-state index in [-0.39, 0.29) is 6.04 Å². The molecule has 0 amide bonds. The Labute approximate surface area is 99.7 Å². The Morgan fingerprint density at radius 1 is 1.47 bits per heavy atom. The highest BCUT2D eigenvalue weighted by atomic mass is 19.1. The molecule has 0 aliphatic heterocycles. The van der Waals surface area contributed by atoms with Crippen molar-refractivity contribution in [2.45, 2.75) is 25.8 Å². The Morgan fingerprint density at radius 2 is 2.35 bits per heavy atom. The number of nitrogens with zero attached hydrogens (tertiary/aromatic N) is 1. The number of nitrogens with one attached hydrogen (secondary N) is 1. The van der Waals surface area contributed by atoms with Crippen molar-refractivity contribution < 1.29 is 8.81 Å². The van der Waals surface area contributed by atoms with Gasteiger partial charge in [-0.05, 0) is 31.5 Å². The number of aromatic nitrogens is 1. The Morgan fingerprint density at radius 3 is 3.06 bits per heavy atom. The second kappa shape index (κ2) is 5.48. The average Bonchev–Trinajstić information content (AvgIpc) is 2.79. The smallest absolute Gasteiger partial charge is 0.214 e. The molecule has 0 saturated carbocycles. The standard InChI is InChI=1S/C13H15FN2O/c1-10(4-5-12-3-2-8-17-12)16-11-6-7-15-13(14)9-11/h2-3,6-10H,4-5H2,1H3,(H,15,16). The van der Waals surface area contributed by atoms with Crippen LogP contribution in [-0.2, 0) is 6.42 Å². The quantitative estimate of drug-likeness (QED) is 0.807. The van der Waals surface area contributed by atoms with E-state index in [1.807, 2.05) is 12.1 Å². The molecule has 0 radical (unpaired) electrons. The van der Waals surface area contributed by atoms with Crippen LogP contribution >= 0.6 is 0 Å². The minimum absolute atomic E-state index is 0.252. The molecule has 3 nitrogen and oxygen atoms in total. The van der Waals surface area contributed by atoms with Gasteiger partial charge in [0.2, 0.25) is 5.95 Å². The van der Waals surface area contributed by atoms with Gasteiger partial charge >= 0.3 is 0 Å². The second-order valence-electron chi connectivity index (χ2n) is 4.03. The number of hydrogen-bond acceptors (Lipinski definition) is 3. The lowest BCUT2D eigenvalue weighted by Gasteiger charge is -2.14. The van der Waals surface area contributed by atoms with Crippen LogP contribution in [0, 0.1) is 5.95 Å². The normalized spacial score (nSPS) is 12.4. The number of halogens is 1. The number of anilines is 1. The maximum Gasteiger partial charge on any atom is 0.214 e. The van der Waals surface area contributed by atoms with Crippen molar-refractivity contribution in [3.05, 3.63) is 48.4 Å². The number of aryl methyl sites for hydroxylation is 1. The molecule has 2 rings (SSSR count). The number of pyridine rings is 1. The summed E-state index contributed by atoms with van der Waals surface area (Å²) in [5, 5.41) is 3.22. The van der Waals surface area contributed by atoms with Crippen LogP contribution in [0.4, 0.5) is 10.1 Å². The van der Waals surface area contributed by atoms with Crippen LogP contribution < -0.4 is 5.32 Å². The summed E-state index contributed by atoms with van der Waals surface area (Å²) in [5.74, 6) is 0.507. The summed E-state index contributed by atoms with van der Waals surface area (Å²) in [7, 11) is 0. The lowest BCUT2D eigenvalue weighted by molar-refractivity contribution is 0.495. The summed E-state index contributed by atoms with van der Waals surface area (Å²) in [6, 6.07) is 7.24. The minimum atomic E-state index is -0.465. The summed E-state index contributed by atoms with van der Waals surface area (Å²) in [4.78, 5) is 3.51. The molecule has 0 aliphatic rings. The lowest BCUT2D eigenvalue weighted by Crippen LogP contribution is -2.16. The SMILES string of the molecule is CC(CCc1ccco1)Nc1ccnc(F)c1. The van der Waals surface area contributed by atoms with Gasteiger partial charge in [0.1, 0.15) is 5.76 Å². The van der Waals surface area contributed by atoms with Crippen LogP contribution in [0.3, 0.4) is 0 Å². The zero-order chi connectivity index (χ0) is 12.1. The van der Waals surface area contributed by atoms with Crippen molar-refractivity contribution in [2.24, 2.45) is 0 Å². The molecule has 0 spiro atoms. The highest BCUT2D eigenvalue weighted by Gasteiger charge is 2.04. The largest absolute Gasteiger partial charge is 0.469 e. The van der Waals surface area contributed by atoms with Crippen molar-refractivity contribution in [2.75, 3.05) is 5.32 Å². The molecule has 0 fully saturated rings. The minimum Gasteiger partial charge on any atom is -0.469 e. The van der Waals surface area contributed by atoms with E-state index in [0.717, 1.165) is 24.3 Å². The van der Waals surface area contributed by atoms with Crippen LogP contribution in [0.25, 0.3) is 0 Å². The molecule has 1 unspecified atom stereocenters. The zero-order valence-corrected chi connectivity index (χ0v) is 9.69. The van der Waals surface area contributed by atoms with Gasteiger partial charge in [0.05, 0.1) is 6.26 Å². The first-order valence-electron chi connectivity index (χ1n) is 5.64. The van der Waals surface area contributed by atoms with Gasteiger partial charge in [-0.15, -0.1) is 0 Å². The van der Waals surface area contributed by atoms with E-state index >= 15 is 0 Å². The second-order valence-corrected chi connectivity index (χ2v) is 4.03. The first kappa shape index (κ1) is 11.6. The molecule has 0 saturated heterocycles. The van der Waals surface area contributed by atoms with Crippen molar-refractivity contribution in [3.63, 3.8) is 0 Å². The van der Waals surface area contributed by atoms with Crippen molar-refractivity contribution in [1.29, 1.82) is 0 Å². The van der Waals surface area contributed by atoms with Crippen LogP contribution in [-0.4, -0.2) is 11.0 Å². The lowest BCUT2D eigenvalue weighted by atomic mass is 10.1. The van der Waals surface area contributed by atoms with Gasteiger partial charge in [0, 0.05) is 30.4 Å². The third-order valence-corrected chi connectivity index (χ3v) is 2.54. The van der Waals surface area contributed by atoms with Crippen molar-refractivity contribution in [1.82, 2.24) is 4.98 Å². The van der Waals surface area contributed by atoms with E-state index in [0.29, 0.717) is 0 Å². The third kappa shape index (κ3) is 3.59. The maximum atomic E-state index is 12.9. The monoisotopic (exact) mass is 234 g/mol. The van der Waals surface area contributed by atoms with Gasteiger partial charge in [-0.25, -0.2) is 4.98 Å². The van der Waals surface area contributed by atoms with Crippen LogP contribution in [0.5, 0.6) is 0 Å².